The van der Waals surface area contributed by atoms with Crippen molar-refractivity contribution in [3.63, 3.8) is 0 Å². The summed E-state index contributed by atoms with van der Waals surface area (Å²) >= 11 is 0. The topological polar surface area (TPSA) is 80.1 Å². The molecule has 0 bridgehead atoms. The summed E-state index contributed by atoms with van der Waals surface area (Å²) in [4.78, 5) is 3.94. The average molecular weight is 331 g/mol. The Kier molecular flexibility index (Phi) is 4.26. The van der Waals surface area contributed by atoms with E-state index in [1.165, 1.54) is 23.3 Å². The quantitative estimate of drug-likeness (QED) is 0.876. The third-order valence-electron chi connectivity index (χ3n) is 3.42. The van der Waals surface area contributed by atoms with Crippen molar-refractivity contribution in [3.8, 4) is 5.75 Å². The summed E-state index contributed by atoms with van der Waals surface area (Å²) in [5, 5.41) is 4.07. The summed E-state index contributed by atoms with van der Waals surface area (Å²) in [5.41, 5.74) is 5.82. The SMILES string of the molecule is N[C@H]1COC[C@H]1Oc1cnn(Cc2nccn2CC(F)(F)F)c1. The van der Waals surface area contributed by atoms with Crippen LogP contribution in [0.25, 0.3) is 0 Å². The molecule has 2 atom stereocenters. The molecule has 1 aliphatic rings. The third-order valence-corrected chi connectivity index (χ3v) is 3.42. The van der Waals surface area contributed by atoms with Gasteiger partial charge in [-0.2, -0.15) is 18.3 Å². The number of nitrogens with zero attached hydrogens (tertiary/aromatic N) is 4. The number of hydrogen-bond acceptors (Lipinski definition) is 5. The van der Waals surface area contributed by atoms with Crippen molar-refractivity contribution in [2.75, 3.05) is 13.2 Å². The number of alkyl halides is 3. The normalized spacial score (nSPS) is 21.7. The maximum absolute atomic E-state index is 12.5. The minimum atomic E-state index is -4.30. The fourth-order valence-corrected chi connectivity index (χ4v) is 2.31. The van der Waals surface area contributed by atoms with Crippen LogP contribution in [0.2, 0.25) is 0 Å². The van der Waals surface area contributed by atoms with Crippen LogP contribution in [0.3, 0.4) is 0 Å². The molecule has 126 valence electrons. The number of aromatic nitrogens is 4. The van der Waals surface area contributed by atoms with E-state index >= 15 is 0 Å². The Morgan fingerprint density at radius 2 is 2.22 bits per heavy atom. The van der Waals surface area contributed by atoms with E-state index in [9.17, 15) is 13.2 Å². The van der Waals surface area contributed by atoms with Gasteiger partial charge in [0.2, 0.25) is 0 Å². The van der Waals surface area contributed by atoms with E-state index in [-0.39, 0.29) is 24.5 Å². The molecule has 0 saturated carbocycles. The molecular formula is C13H16F3N5O2. The second kappa shape index (κ2) is 6.20. The summed E-state index contributed by atoms with van der Waals surface area (Å²) in [6.45, 7) is -0.128. The standard InChI is InChI=1S/C13H16F3N5O2/c14-13(15,16)8-20-2-1-18-12(20)5-21-4-9(3-19-21)23-11-7-22-6-10(11)17/h1-4,10-11H,5-8,17H2/t10-,11+/m0/s1. The van der Waals surface area contributed by atoms with Crippen LogP contribution >= 0.6 is 0 Å². The predicted molar refractivity (Wildman–Crippen MR) is 72.8 cm³/mol. The van der Waals surface area contributed by atoms with Crippen LogP contribution in [0, 0.1) is 0 Å². The first-order valence-corrected chi connectivity index (χ1v) is 7.00. The molecule has 7 nitrogen and oxygen atoms in total. The van der Waals surface area contributed by atoms with Crippen LogP contribution in [0.4, 0.5) is 13.2 Å². The van der Waals surface area contributed by atoms with Gasteiger partial charge in [0, 0.05) is 12.4 Å². The van der Waals surface area contributed by atoms with Gasteiger partial charge in [-0.3, -0.25) is 4.68 Å². The zero-order valence-corrected chi connectivity index (χ0v) is 12.1. The van der Waals surface area contributed by atoms with Gasteiger partial charge in [0.25, 0.3) is 0 Å². The highest BCUT2D eigenvalue weighted by Gasteiger charge is 2.29. The average Bonchev–Trinajstić information content (AvgIpc) is 3.15. The Balaban J connectivity index is 1.64. The molecule has 2 aromatic rings. The molecule has 3 heterocycles. The molecular weight excluding hydrogens is 315 g/mol. The van der Waals surface area contributed by atoms with Gasteiger partial charge in [-0.1, -0.05) is 0 Å². The van der Waals surface area contributed by atoms with Crippen LogP contribution in [0.5, 0.6) is 5.75 Å². The molecule has 23 heavy (non-hydrogen) atoms. The van der Waals surface area contributed by atoms with Crippen LogP contribution in [0.1, 0.15) is 5.82 Å². The molecule has 1 fully saturated rings. The minimum Gasteiger partial charge on any atom is -0.483 e. The van der Waals surface area contributed by atoms with Crippen molar-refractivity contribution in [1.29, 1.82) is 0 Å². The van der Waals surface area contributed by atoms with Crippen LogP contribution < -0.4 is 10.5 Å². The van der Waals surface area contributed by atoms with Crippen LogP contribution in [0.15, 0.2) is 24.8 Å². The highest BCUT2D eigenvalue weighted by Crippen LogP contribution is 2.19. The summed E-state index contributed by atoms with van der Waals surface area (Å²) in [6.07, 6.45) is 1.15. The van der Waals surface area contributed by atoms with Gasteiger partial charge in [0.1, 0.15) is 18.5 Å². The third kappa shape index (κ3) is 4.02. The monoisotopic (exact) mass is 331 g/mol. The Morgan fingerprint density at radius 1 is 1.39 bits per heavy atom. The Hall–Kier alpha value is -2.07. The fraction of sp³-hybridized carbons (Fsp3) is 0.538. The maximum Gasteiger partial charge on any atom is 0.406 e. The van der Waals surface area contributed by atoms with Crippen molar-refractivity contribution in [1.82, 2.24) is 19.3 Å². The molecule has 2 N–H and O–H groups in total. The maximum atomic E-state index is 12.5. The number of halogens is 3. The molecule has 0 radical (unpaired) electrons. The molecule has 0 amide bonds. The molecule has 0 unspecified atom stereocenters. The van der Waals surface area contributed by atoms with Crippen molar-refractivity contribution in [2.45, 2.75) is 31.4 Å². The van der Waals surface area contributed by atoms with E-state index in [2.05, 4.69) is 10.1 Å². The predicted octanol–water partition coefficient (Wildman–Crippen LogP) is 0.795. The number of imidazole rings is 1. The molecule has 0 spiro atoms. The molecule has 2 aromatic heterocycles. The lowest BCUT2D eigenvalue weighted by atomic mass is 10.2. The van der Waals surface area contributed by atoms with E-state index in [0.717, 1.165) is 4.57 Å². The second-order valence-electron chi connectivity index (χ2n) is 5.32. The number of nitrogens with two attached hydrogens (primary N) is 1. The van der Waals surface area contributed by atoms with Gasteiger partial charge in [-0.05, 0) is 0 Å². The zero-order valence-electron chi connectivity index (χ0n) is 12.1. The first-order chi connectivity index (χ1) is 10.9. The minimum absolute atomic E-state index is 0.111. The zero-order chi connectivity index (χ0) is 16.4. The van der Waals surface area contributed by atoms with Gasteiger partial charge in [-0.25, -0.2) is 4.98 Å². The van der Waals surface area contributed by atoms with E-state index in [0.29, 0.717) is 19.0 Å². The lowest BCUT2D eigenvalue weighted by Gasteiger charge is -2.14. The number of hydrogen-bond donors (Lipinski definition) is 1. The van der Waals surface area contributed by atoms with Gasteiger partial charge < -0.3 is 19.8 Å². The number of ether oxygens (including phenoxy) is 2. The van der Waals surface area contributed by atoms with Crippen molar-refractivity contribution >= 4 is 0 Å². The summed E-state index contributed by atoms with van der Waals surface area (Å²) in [5.74, 6) is 0.753. The fourth-order valence-electron chi connectivity index (χ4n) is 2.31. The van der Waals surface area contributed by atoms with Crippen molar-refractivity contribution in [2.24, 2.45) is 5.73 Å². The van der Waals surface area contributed by atoms with Gasteiger partial charge in [-0.15, -0.1) is 0 Å². The van der Waals surface area contributed by atoms with Crippen molar-refractivity contribution < 1.29 is 22.6 Å². The summed E-state index contributed by atoms with van der Waals surface area (Å²) in [6, 6.07) is -0.205. The van der Waals surface area contributed by atoms with E-state index < -0.39 is 12.7 Å². The highest BCUT2D eigenvalue weighted by atomic mass is 19.4. The van der Waals surface area contributed by atoms with Gasteiger partial charge in [0.15, 0.2) is 5.75 Å². The summed E-state index contributed by atoms with van der Waals surface area (Å²) in [7, 11) is 0. The Morgan fingerprint density at radius 3 is 2.91 bits per heavy atom. The lowest BCUT2D eigenvalue weighted by molar-refractivity contribution is -0.141. The Bertz CT molecular complexity index is 654. The summed E-state index contributed by atoms with van der Waals surface area (Å²) < 4.78 is 50.8. The molecule has 1 saturated heterocycles. The van der Waals surface area contributed by atoms with E-state index in [4.69, 9.17) is 15.2 Å². The molecule has 3 rings (SSSR count). The first kappa shape index (κ1) is 15.8. The van der Waals surface area contributed by atoms with Crippen LogP contribution in [-0.2, 0) is 17.8 Å². The van der Waals surface area contributed by atoms with E-state index in [1.54, 1.807) is 6.20 Å². The first-order valence-electron chi connectivity index (χ1n) is 7.00. The lowest BCUT2D eigenvalue weighted by Crippen LogP contribution is -2.37. The van der Waals surface area contributed by atoms with Gasteiger partial charge in [0.05, 0.1) is 38.2 Å². The van der Waals surface area contributed by atoms with E-state index in [1.807, 2.05) is 0 Å². The van der Waals surface area contributed by atoms with Crippen LogP contribution in [-0.4, -0.2) is 50.9 Å². The Labute approximate surface area is 129 Å². The molecule has 10 heteroatoms. The molecule has 1 aliphatic heterocycles. The highest BCUT2D eigenvalue weighted by molar-refractivity contribution is 5.13. The number of rotatable bonds is 5. The van der Waals surface area contributed by atoms with Gasteiger partial charge >= 0.3 is 6.18 Å². The largest absolute Gasteiger partial charge is 0.483 e. The smallest absolute Gasteiger partial charge is 0.406 e. The van der Waals surface area contributed by atoms with Crippen molar-refractivity contribution in [3.05, 3.63) is 30.6 Å². The molecule has 0 aromatic carbocycles. The second-order valence-corrected chi connectivity index (χ2v) is 5.32. The molecule has 0 aliphatic carbocycles.